The lowest BCUT2D eigenvalue weighted by Crippen LogP contribution is -2.40. The predicted molar refractivity (Wildman–Crippen MR) is 127 cm³/mol. The SMILES string of the molecule is C=CCn1c(Cc2csc(NC(=O)c3ccc(S(=O)(=O)NC(C)(C)C)cc3)n2)n[nH]c1=S. The Labute approximate surface area is 195 Å². The monoisotopic (exact) mass is 492 g/mol. The van der Waals surface area contributed by atoms with Gasteiger partial charge in [-0.3, -0.25) is 19.8 Å². The quantitative estimate of drug-likeness (QED) is 0.327. The molecule has 0 aliphatic rings. The van der Waals surface area contributed by atoms with E-state index in [0.717, 1.165) is 11.5 Å². The van der Waals surface area contributed by atoms with E-state index in [9.17, 15) is 13.2 Å². The first kappa shape index (κ1) is 24.0. The first-order valence-electron chi connectivity index (χ1n) is 9.63. The maximum Gasteiger partial charge on any atom is 0.257 e. The second kappa shape index (κ2) is 9.45. The topological polar surface area (TPSA) is 122 Å². The highest BCUT2D eigenvalue weighted by Crippen LogP contribution is 2.20. The van der Waals surface area contributed by atoms with Crippen molar-refractivity contribution in [2.75, 3.05) is 5.32 Å². The molecule has 1 amide bonds. The number of anilines is 1. The maximum absolute atomic E-state index is 12.6. The number of amides is 1. The van der Waals surface area contributed by atoms with Crippen molar-refractivity contribution < 1.29 is 13.2 Å². The predicted octanol–water partition coefficient (Wildman–Crippen LogP) is 3.50. The molecule has 170 valence electrons. The molecule has 9 nitrogen and oxygen atoms in total. The second-order valence-electron chi connectivity index (χ2n) is 8.00. The van der Waals surface area contributed by atoms with Gasteiger partial charge in [0.25, 0.3) is 5.91 Å². The van der Waals surface area contributed by atoms with Crippen molar-refractivity contribution in [3.05, 3.63) is 64.2 Å². The van der Waals surface area contributed by atoms with Crippen LogP contribution in [-0.4, -0.2) is 39.6 Å². The first-order chi connectivity index (χ1) is 15.0. The van der Waals surface area contributed by atoms with Gasteiger partial charge in [-0.25, -0.2) is 18.1 Å². The van der Waals surface area contributed by atoms with E-state index in [2.05, 4.69) is 31.8 Å². The summed E-state index contributed by atoms with van der Waals surface area (Å²) < 4.78 is 29.7. The van der Waals surface area contributed by atoms with Crippen LogP contribution in [0.3, 0.4) is 0 Å². The van der Waals surface area contributed by atoms with E-state index in [1.54, 1.807) is 26.8 Å². The molecule has 0 saturated heterocycles. The van der Waals surface area contributed by atoms with Gasteiger partial charge in [0.1, 0.15) is 5.82 Å². The first-order valence-corrected chi connectivity index (χ1v) is 12.4. The molecular weight excluding hydrogens is 468 g/mol. The Kier molecular flexibility index (Phi) is 7.08. The van der Waals surface area contributed by atoms with Crippen LogP contribution in [0.1, 0.15) is 42.6 Å². The minimum atomic E-state index is -3.67. The number of aromatic nitrogens is 4. The van der Waals surface area contributed by atoms with Crippen molar-refractivity contribution in [3.63, 3.8) is 0 Å². The summed E-state index contributed by atoms with van der Waals surface area (Å²) >= 11 is 6.50. The summed E-state index contributed by atoms with van der Waals surface area (Å²) in [5.41, 5.74) is 0.452. The number of rotatable bonds is 8. The Morgan fingerprint density at radius 3 is 2.62 bits per heavy atom. The molecule has 3 rings (SSSR count). The summed E-state index contributed by atoms with van der Waals surface area (Å²) in [5.74, 6) is 0.340. The molecule has 2 heterocycles. The number of carbonyl (C=O) groups is 1. The molecule has 32 heavy (non-hydrogen) atoms. The summed E-state index contributed by atoms with van der Waals surface area (Å²) in [6, 6.07) is 5.74. The molecule has 2 aromatic heterocycles. The number of H-pyrrole nitrogens is 1. The Morgan fingerprint density at radius 1 is 1.31 bits per heavy atom. The van der Waals surface area contributed by atoms with E-state index in [1.807, 2.05) is 9.95 Å². The molecule has 0 bridgehead atoms. The van der Waals surface area contributed by atoms with Gasteiger partial charge in [-0.05, 0) is 57.3 Å². The fraction of sp³-hybridized carbons (Fsp3) is 0.300. The Balaban J connectivity index is 1.68. The highest BCUT2D eigenvalue weighted by molar-refractivity contribution is 7.89. The molecule has 0 aliphatic carbocycles. The number of benzene rings is 1. The van der Waals surface area contributed by atoms with Crippen LogP contribution in [0.4, 0.5) is 5.13 Å². The van der Waals surface area contributed by atoms with Crippen LogP contribution in [-0.2, 0) is 23.0 Å². The van der Waals surface area contributed by atoms with Gasteiger partial charge in [-0.2, -0.15) is 5.10 Å². The average Bonchev–Trinajstić information content (AvgIpc) is 3.28. The van der Waals surface area contributed by atoms with Crippen molar-refractivity contribution in [1.82, 2.24) is 24.5 Å². The Morgan fingerprint density at radius 2 is 2.00 bits per heavy atom. The van der Waals surface area contributed by atoms with Gasteiger partial charge in [0, 0.05) is 23.0 Å². The smallest absolute Gasteiger partial charge is 0.257 e. The summed E-state index contributed by atoms with van der Waals surface area (Å²) in [7, 11) is -3.67. The van der Waals surface area contributed by atoms with Crippen LogP contribution in [0, 0.1) is 4.77 Å². The average molecular weight is 493 g/mol. The van der Waals surface area contributed by atoms with E-state index < -0.39 is 15.6 Å². The van der Waals surface area contributed by atoms with Gasteiger partial charge in [-0.15, -0.1) is 17.9 Å². The van der Waals surface area contributed by atoms with Crippen molar-refractivity contribution in [2.45, 2.75) is 44.2 Å². The number of thiazole rings is 1. The Hall–Kier alpha value is -2.67. The zero-order chi connectivity index (χ0) is 23.5. The molecule has 3 aromatic rings. The van der Waals surface area contributed by atoms with Crippen molar-refractivity contribution >= 4 is 44.6 Å². The summed E-state index contributed by atoms with van der Waals surface area (Å²) in [4.78, 5) is 17.1. The van der Waals surface area contributed by atoms with Crippen LogP contribution in [0.25, 0.3) is 0 Å². The third-order valence-corrected chi connectivity index (χ3v) is 7.02. The van der Waals surface area contributed by atoms with Gasteiger partial charge in [-0.1, -0.05) is 6.08 Å². The molecule has 0 fully saturated rings. The van der Waals surface area contributed by atoms with Crippen molar-refractivity contribution in [3.8, 4) is 0 Å². The Bertz CT molecular complexity index is 1280. The molecule has 12 heteroatoms. The van der Waals surface area contributed by atoms with E-state index >= 15 is 0 Å². The van der Waals surface area contributed by atoms with Crippen LogP contribution in [0.5, 0.6) is 0 Å². The third-order valence-electron chi connectivity index (χ3n) is 4.13. The number of sulfonamides is 1. The summed E-state index contributed by atoms with van der Waals surface area (Å²) in [5, 5.41) is 12.0. The lowest BCUT2D eigenvalue weighted by molar-refractivity contribution is 0.102. The fourth-order valence-corrected chi connectivity index (χ4v) is 5.18. The van der Waals surface area contributed by atoms with Gasteiger partial charge in [0.05, 0.1) is 17.0 Å². The largest absolute Gasteiger partial charge is 0.300 e. The normalized spacial score (nSPS) is 12.0. The fourth-order valence-electron chi connectivity index (χ4n) is 2.83. The lowest BCUT2D eigenvalue weighted by atomic mass is 10.1. The lowest BCUT2D eigenvalue weighted by Gasteiger charge is -2.20. The number of allylic oxidation sites excluding steroid dienone is 1. The number of nitrogens with zero attached hydrogens (tertiary/aromatic N) is 3. The minimum absolute atomic E-state index is 0.0912. The molecule has 1 aromatic carbocycles. The number of hydrogen-bond acceptors (Lipinski definition) is 7. The molecule has 3 N–H and O–H groups in total. The van der Waals surface area contributed by atoms with E-state index in [-0.39, 0.29) is 10.8 Å². The number of hydrogen-bond donors (Lipinski definition) is 3. The van der Waals surface area contributed by atoms with Gasteiger partial charge in [0.2, 0.25) is 10.0 Å². The third kappa shape index (κ3) is 5.97. The second-order valence-corrected chi connectivity index (χ2v) is 10.9. The highest BCUT2D eigenvalue weighted by Gasteiger charge is 2.22. The molecule has 0 radical (unpaired) electrons. The number of aromatic amines is 1. The minimum Gasteiger partial charge on any atom is -0.300 e. The van der Waals surface area contributed by atoms with Gasteiger partial charge >= 0.3 is 0 Å². The zero-order valence-corrected chi connectivity index (χ0v) is 20.3. The maximum atomic E-state index is 12.6. The van der Waals surface area contributed by atoms with E-state index in [4.69, 9.17) is 12.2 Å². The number of carbonyl (C=O) groups excluding carboxylic acids is 1. The molecule has 0 spiro atoms. The molecule has 0 aliphatic heterocycles. The summed E-state index contributed by atoms with van der Waals surface area (Å²) in [6.45, 7) is 9.53. The molecule has 0 saturated carbocycles. The summed E-state index contributed by atoms with van der Waals surface area (Å²) in [6.07, 6.45) is 2.18. The van der Waals surface area contributed by atoms with Gasteiger partial charge in [0.15, 0.2) is 9.90 Å². The van der Waals surface area contributed by atoms with Gasteiger partial charge < -0.3 is 0 Å². The standard InChI is InChI=1S/C20H24N6O3S3/c1-5-10-26-16(23-24-19(26)30)11-14-12-31-18(21-14)22-17(27)13-6-8-15(9-7-13)32(28,29)25-20(2,3)4/h5-9,12,25H,1,10-11H2,2-4H3,(H,24,30)(H,21,22,27). The van der Waals surface area contributed by atoms with Crippen LogP contribution < -0.4 is 10.0 Å². The van der Waals surface area contributed by atoms with Crippen LogP contribution in [0.15, 0.2) is 47.2 Å². The highest BCUT2D eigenvalue weighted by atomic mass is 32.2. The molecule has 0 unspecified atom stereocenters. The van der Waals surface area contributed by atoms with E-state index in [0.29, 0.717) is 28.4 Å². The molecule has 0 atom stereocenters. The zero-order valence-electron chi connectivity index (χ0n) is 17.9. The van der Waals surface area contributed by atoms with Crippen LogP contribution in [0.2, 0.25) is 0 Å². The van der Waals surface area contributed by atoms with E-state index in [1.165, 1.54) is 35.6 Å². The van der Waals surface area contributed by atoms with Crippen LogP contribution >= 0.6 is 23.6 Å². The van der Waals surface area contributed by atoms with Crippen molar-refractivity contribution in [2.24, 2.45) is 0 Å². The molecular formula is C20H24N6O3S3. The number of nitrogens with one attached hydrogen (secondary N) is 3. The van der Waals surface area contributed by atoms with Crippen molar-refractivity contribution in [1.29, 1.82) is 0 Å².